The second kappa shape index (κ2) is 8.55. The summed E-state index contributed by atoms with van der Waals surface area (Å²) in [4.78, 5) is 7.27. The van der Waals surface area contributed by atoms with E-state index in [4.69, 9.17) is 10.1 Å². The van der Waals surface area contributed by atoms with Crippen LogP contribution in [0.5, 0.6) is 0 Å². The van der Waals surface area contributed by atoms with Crippen molar-refractivity contribution in [3.63, 3.8) is 0 Å². The van der Waals surface area contributed by atoms with Gasteiger partial charge in [-0.1, -0.05) is 66.7 Å². The number of aromatic nitrogens is 3. The van der Waals surface area contributed by atoms with Crippen molar-refractivity contribution in [2.75, 3.05) is 4.81 Å². The van der Waals surface area contributed by atoms with E-state index in [9.17, 15) is 0 Å². The summed E-state index contributed by atoms with van der Waals surface area (Å²) in [6.45, 7) is 6.34. The Morgan fingerprint density at radius 1 is 0.625 bits per heavy atom. The number of hydrogen-bond donors (Lipinski definition) is 0. The van der Waals surface area contributed by atoms with Crippen molar-refractivity contribution in [2.24, 2.45) is 0 Å². The summed E-state index contributed by atoms with van der Waals surface area (Å²) in [5.74, 6) is 0. The number of fused-ring (bicyclic) bond motifs is 11. The van der Waals surface area contributed by atoms with Crippen LogP contribution in [0, 0.1) is 20.8 Å². The minimum atomic E-state index is 0.0591. The number of nitrogens with zero attached hydrogens (tertiary/aromatic N) is 4. The second-order valence-electron chi connectivity index (χ2n) is 10.9. The third-order valence-electron chi connectivity index (χ3n) is 8.31. The van der Waals surface area contributed by atoms with Crippen LogP contribution in [0.3, 0.4) is 0 Å². The second-order valence-corrected chi connectivity index (χ2v) is 10.9. The molecule has 0 bridgehead atoms. The van der Waals surface area contributed by atoms with Gasteiger partial charge in [-0.05, 0) is 84.8 Å². The lowest BCUT2D eigenvalue weighted by Gasteiger charge is -2.43. The predicted octanol–water partition coefficient (Wildman–Crippen LogP) is 6.76. The normalized spacial score (nSPS) is 12.8. The zero-order valence-electron chi connectivity index (χ0n) is 22.8. The van der Waals surface area contributed by atoms with Crippen LogP contribution in [0.4, 0.5) is 11.4 Å². The lowest BCUT2D eigenvalue weighted by Crippen LogP contribution is -2.59. The highest BCUT2D eigenvalue weighted by Gasteiger charge is 2.42. The molecule has 0 radical (unpaired) electrons. The minimum absolute atomic E-state index is 0.0591. The van der Waals surface area contributed by atoms with E-state index in [-0.39, 0.29) is 6.85 Å². The van der Waals surface area contributed by atoms with Gasteiger partial charge in [0.1, 0.15) is 0 Å². The maximum absolute atomic E-state index is 4.81. The van der Waals surface area contributed by atoms with Crippen LogP contribution < -0.4 is 15.7 Å². The number of anilines is 2. The molecule has 0 N–H and O–H groups in total. The van der Waals surface area contributed by atoms with Gasteiger partial charge in [-0.15, -0.1) is 0 Å². The number of pyridine rings is 1. The van der Waals surface area contributed by atoms with Crippen LogP contribution in [0.15, 0.2) is 109 Å². The van der Waals surface area contributed by atoms with Crippen LogP contribution in [0.2, 0.25) is 0 Å². The third-order valence-corrected chi connectivity index (χ3v) is 8.31. The molecule has 0 amide bonds. The fourth-order valence-electron chi connectivity index (χ4n) is 6.60. The molecule has 0 saturated heterocycles. The van der Waals surface area contributed by atoms with Gasteiger partial charge in [-0.3, -0.25) is 4.98 Å². The van der Waals surface area contributed by atoms with Gasteiger partial charge in [0.2, 0.25) is 0 Å². The van der Waals surface area contributed by atoms with Gasteiger partial charge in [0.05, 0.1) is 17.1 Å². The number of hydrogen-bond acceptors (Lipinski definition) is 3. The molecule has 4 aromatic carbocycles. The molecular weight excluding hydrogens is 487 g/mol. The molecule has 2 aliphatic heterocycles. The quantitative estimate of drug-likeness (QED) is 0.239. The average molecular weight is 514 g/mol. The molecule has 2 aliphatic rings. The molecule has 6 aromatic rings. The average Bonchev–Trinajstić information content (AvgIpc) is 3.33. The van der Waals surface area contributed by atoms with Gasteiger partial charge in [-0.25, -0.2) is 4.68 Å². The molecule has 40 heavy (non-hydrogen) atoms. The first-order valence-electron chi connectivity index (χ1n) is 13.8. The smallest absolute Gasteiger partial charge is 0.329 e. The summed E-state index contributed by atoms with van der Waals surface area (Å²) in [6, 6.07) is 37.7. The summed E-state index contributed by atoms with van der Waals surface area (Å²) >= 11 is 0. The van der Waals surface area contributed by atoms with Crippen molar-refractivity contribution in [3.05, 3.63) is 126 Å². The first-order valence-corrected chi connectivity index (χ1v) is 13.8. The van der Waals surface area contributed by atoms with Crippen molar-refractivity contribution in [1.29, 1.82) is 0 Å². The van der Waals surface area contributed by atoms with Gasteiger partial charge in [0, 0.05) is 40.0 Å². The molecule has 0 spiro atoms. The van der Waals surface area contributed by atoms with E-state index < -0.39 is 0 Å². The van der Waals surface area contributed by atoms with Crippen LogP contribution in [-0.2, 0) is 0 Å². The highest BCUT2D eigenvalue weighted by Crippen LogP contribution is 2.47. The molecule has 8 rings (SSSR count). The van der Waals surface area contributed by atoms with E-state index in [1.54, 1.807) is 0 Å². The molecule has 0 unspecified atom stereocenters. The first kappa shape index (κ1) is 23.0. The van der Waals surface area contributed by atoms with Crippen molar-refractivity contribution >= 4 is 29.1 Å². The number of benzene rings is 4. The van der Waals surface area contributed by atoms with E-state index in [1.807, 2.05) is 19.2 Å². The van der Waals surface area contributed by atoms with Crippen LogP contribution in [0.1, 0.15) is 17.0 Å². The monoisotopic (exact) mass is 514 g/mol. The molecule has 0 saturated carbocycles. The Kier molecular flexibility index (Phi) is 4.93. The largest absolute Gasteiger partial charge is 0.376 e. The first-order chi connectivity index (χ1) is 19.6. The fourth-order valence-corrected chi connectivity index (χ4v) is 6.60. The molecule has 5 heteroatoms. The van der Waals surface area contributed by atoms with E-state index in [0.717, 1.165) is 28.3 Å². The Morgan fingerprint density at radius 2 is 1.30 bits per heavy atom. The minimum Gasteiger partial charge on any atom is -0.376 e. The van der Waals surface area contributed by atoms with Gasteiger partial charge < -0.3 is 4.81 Å². The molecule has 190 valence electrons. The summed E-state index contributed by atoms with van der Waals surface area (Å²) in [7, 11) is 0. The summed E-state index contributed by atoms with van der Waals surface area (Å²) in [5, 5.41) is 4.81. The van der Waals surface area contributed by atoms with E-state index in [1.165, 1.54) is 50.1 Å². The molecular formula is C35H27BN4. The van der Waals surface area contributed by atoms with Crippen molar-refractivity contribution in [2.45, 2.75) is 20.8 Å². The predicted molar refractivity (Wildman–Crippen MR) is 165 cm³/mol. The van der Waals surface area contributed by atoms with Crippen LogP contribution in [0.25, 0.3) is 39.2 Å². The van der Waals surface area contributed by atoms with Crippen molar-refractivity contribution in [3.8, 4) is 39.2 Å². The number of rotatable bonds is 2. The van der Waals surface area contributed by atoms with Crippen LogP contribution >= 0.6 is 0 Å². The Hall–Kier alpha value is -4.90. The molecule has 4 nitrogen and oxygen atoms in total. The van der Waals surface area contributed by atoms with Crippen molar-refractivity contribution < 1.29 is 0 Å². The lowest BCUT2D eigenvalue weighted by atomic mass is 9.43. The summed E-state index contributed by atoms with van der Waals surface area (Å²) in [5.41, 5.74) is 16.6. The Morgan fingerprint density at radius 3 is 1.98 bits per heavy atom. The third kappa shape index (κ3) is 3.34. The standard InChI is InChI=1S/C35H27BN4/c1-22-16-17-37-33(18-22)25-12-14-29-27-8-4-6-10-31(27)36-32-11-7-5-9-28(32)30-15-13-26(40-24(3)19-23(2)38-40)21-35(30)39(36)34(29)20-25/h4-21H,1-3H3. The molecule has 0 atom stereocenters. The van der Waals surface area contributed by atoms with Gasteiger partial charge in [0.15, 0.2) is 0 Å². The van der Waals surface area contributed by atoms with Crippen molar-refractivity contribution in [1.82, 2.24) is 14.8 Å². The van der Waals surface area contributed by atoms with Gasteiger partial charge >= 0.3 is 6.85 Å². The maximum atomic E-state index is 4.81. The van der Waals surface area contributed by atoms with Crippen LogP contribution in [-0.4, -0.2) is 21.6 Å². The molecule has 4 heterocycles. The van der Waals surface area contributed by atoms with Gasteiger partial charge in [-0.2, -0.15) is 5.10 Å². The Balaban J connectivity index is 1.44. The Bertz CT molecular complexity index is 1970. The molecule has 2 aromatic heterocycles. The summed E-state index contributed by atoms with van der Waals surface area (Å²) in [6.07, 6.45) is 1.90. The molecule has 0 fully saturated rings. The lowest BCUT2D eigenvalue weighted by molar-refractivity contribution is 0.834. The number of aryl methyl sites for hydroxylation is 3. The van der Waals surface area contributed by atoms with E-state index >= 15 is 0 Å². The highest BCUT2D eigenvalue weighted by molar-refractivity contribution is 6.92. The maximum Gasteiger partial charge on any atom is 0.329 e. The summed E-state index contributed by atoms with van der Waals surface area (Å²) < 4.78 is 2.05. The zero-order chi connectivity index (χ0) is 27.0. The highest BCUT2D eigenvalue weighted by atomic mass is 15.3. The Labute approximate surface area is 234 Å². The van der Waals surface area contributed by atoms with E-state index in [0.29, 0.717) is 0 Å². The zero-order valence-corrected chi connectivity index (χ0v) is 22.8. The molecule has 0 aliphatic carbocycles. The topological polar surface area (TPSA) is 34.0 Å². The van der Waals surface area contributed by atoms with E-state index in [2.05, 4.69) is 120 Å². The van der Waals surface area contributed by atoms with Gasteiger partial charge in [0.25, 0.3) is 0 Å². The fraction of sp³-hybridized carbons (Fsp3) is 0.0857. The SMILES string of the molecule is Cc1ccnc(-c2ccc3c(c2)N2B(c4ccccc4-3)c3ccccc3-c3ccc(-n4nc(C)cc4C)cc32)c1.